The van der Waals surface area contributed by atoms with Gasteiger partial charge in [0.2, 0.25) is 0 Å². The molecule has 0 saturated heterocycles. The summed E-state index contributed by atoms with van der Waals surface area (Å²) in [7, 11) is 0. The Hall–Kier alpha value is -2.75. The van der Waals surface area contributed by atoms with E-state index in [-0.39, 0.29) is 11.8 Å². The minimum Gasteiger partial charge on any atom is -0.348 e. The highest BCUT2D eigenvalue weighted by Crippen LogP contribution is 2.22. The Morgan fingerprint density at radius 1 is 1.17 bits per heavy atom. The quantitative estimate of drug-likeness (QED) is 0.800. The second-order valence-corrected chi connectivity index (χ2v) is 5.81. The van der Waals surface area contributed by atoms with E-state index in [0.717, 1.165) is 22.2 Å². The highest BCUT2D eigenvalue weighted by Gasteiger charge is 2.14. The fourth-order valence-corrected chi connectivity index (χ4v) is 2.46. The summed E-state index contributed by atoms with van der Waals surface area (Å²) in [5, 5.41) is 3.84. The van der Waals surface area contributed by atoms with Crippen LogP contribution in [0.3, 0.4) is 0 Å². The molecule has 3 rings (SSSR count). The van der Waals surface area contributed by atoms with Gasteiger partial charge in [0.05, 0.1) is 11.1 Å². The molecule has 0 spiro atoms. The van der Waals surface area contributed by atoms with E-state index in [0.29, 0.717) is 12.1 Å². The maximum absolute atomic E-state index is 12.6. The summed E-state index contributed by atoms with van der Waals surface area (Å²) < 4.78 is 0. The van der Waals surface area contributed by atoms with E-state index in [1.165, 1.54) is 0 Å². The molecule has 1 aromatic carbocycles. The Bertz CT molecular complexity index is 828. The monoisotopic (exact) mass is 305 g/mol. The van der Waals surface area contributed by atoms with Gasteiger partial charge in [0.1, 0.15) is 0 Å². The van der Waals surface area contributed by atoms with Crippen molar-refractivity contribution in [2.24, 2.45) is 0 Å². The third-order valence-electron chi connectivity index (χ3n) is 3.75. The summed E-state index contributed by atoms with van der Waals surface area (Å²) in [5.74, 6) is 0.179. The van der Waals surface area contributed by atoms with Gasteiger partial charge in [0.25, 0.3) is 5.91 Å². The lowest BCUT2D eigenvalue weighted by molar-refractivity contribution is 0.0952. The third kappa shape index (κ3) is 3.37. The summed E-state index contributed by atoms with van der Waals surface area (Å²) in [4.78, 5) is 21.4. The van der Waals surface area contributed by atoms with E-state index in [1.54, 1.807) is 12.4 Å². The predicted octanol–water partition coefficient (Wildman–Crippen LogP) is 3.68. The smallest absolute Gasteiger partial charge is 0.252 e. The molecule has 2 aromatic heterocycles. The zero-order valence-corrected chi connectivity index (χ0v) is 13.3. The van der Waals surface area contributed by atoms with Crippen molar-refractivity contribution in [3.8, 4) is 0 Å². The average Bonchev–Trinajstić information content (AvgIpc) is 2.59. The molecular formula is C19H19N3O. The summed E-state index contributed by atoms with van der Waals surface area (Å²) in [6.07, 6.45) is 3.47. The molecular weight excluding hydrogens is 286 g/mol. The first kappa shape index (κ1) is 15.2. The molecule has 0 bridgehead atoms. The van der Waals surface area contributed by atoms with Crippen molar-refractivity contribution in [3.63, 3.8) is 0 Å². The van der Waals surface area contributed by atoms with Gasteiger partial charge in [0.15, 0.2) is 0 Å². The van der Waals surface area contributed by atoms with Gasteiger partial charge in [-0.15, -0.1) is 0 Å². The molecule has 0 radical (unpaired) electrons. The largest absolute Gasteiger partial charge is 0.348 e. The van der Waals surface area contributed by atoms with E-state index in [4.69, 9.17) is 0 Å². The number of pyridine rings is 2. The molecule has 0 fully saturated rings. The molecule has 1 N–H and O–H groups in total. The molecule has 0 aliphatic heterocycles. The van der Waals surface area contributed by atoms with E-state index < -0.39 is 0 Å². The third-order valence-corrected chi connectivity index (χ3v) is 3.75. The number of aromatic nitrogens is 2. The van der Waals surface area contributed by atoms with Crippen molar-refractivity contribution in [2.45, 2.75) is 26.3 Å². The van der Waals surface area contributed by atoms with Crippen LogP contribution in [0.5, 0.6) is 0 Å². The molecule has 4 heteroatoms. The van der Waals surface area contributed by atoms with Crippen LogP contribution >= 0.6 is 0 Å². The van der Waals surface area contributed by atoms with Gasteiger partial charge in [-0.1, -0.05) is 38.1 Å². The lowest BCUT2D eigenvalue weighted by Crippen LogP contribution is -2.23. The minimum atomic E-state index is -0.0886. The second kappa shape index (κ2) is 6.57. The van der Waals surface area contributed by atoms with Crippen molar-refractivity contribution in [2.75, 3.05) is 0 Å². The van der Waals surface area contributed by atoms with Crippen molar-refractivity contribution < 1.29 is 4.79 Å². The molecule has 0 unspecified atom stereocenters. The van der Waals surface area contributed by atoms with E-state index in [1.807, 2.05) is 42.5 Å². The normalized spacial score (nSPS) is 10.9. The highest BCUT2D eigenvalue weighted by atomic mass is 16.1. The van der Waals surface area contributed by atoms with E-state index >= 15 is 0 Å². The average molecular weight is 305 g/mol. The Morgan fingerprint density at radius 3 is 2.74 bits per heavy atom. The Balaban J connectivity index is 1.92. The zero-order valence-electron chi connectivity index (χ0n) is 13.3. The topological polar surface area (TPSA) is 54.9 Å². The Labute approximate surface area is 135 Å². The molecule has 0 aliphatic rings. The van der Waals surface area contributed by atoms with E-state index in [9.17, 15) is 4.79 Å². The number of carbonyl (C=O) groups is 1. The molecule has 4 nitrogen and oxygen atoms in total. The molecule has 0 saturated carbocycles. The maximum atomic E-state index is 12.6. The number of hydrogen-bond acceptors (Lipinski definition) is 3. The fraction of sp³-hybridized carbons (Fsp3) is 0.211. The number of para-hydroxylation sites is 1. The van der Waals surface area contributed by atoms with Crippen LogP contribution in [0.1, 0.15) is 41.4 Å². The van der Waals surface area contributed by atoms with Crippen LogP contribution in [0.25, 0.3) is 10.9 Å². The number of benzene rings is 1. The summed E-state index contributed by atoms with van der Waals surface area (Å²) in [5.41, 5.74) is 3.42. The first-order chi connectivity index (χ1) is 11.1. The lowest BCUT2D eigenvalue weighted by atomic mass is 10.0. The van der Waals surface area contributed by atoms with Crippen LogP contribution in [-0.4, -0.2) is 15.9 Å². The van der Waals surface area contributed by atoms with Crippen LogP contribution in [0.4, 0.5) is 0 Å². The number of rotatable bonds is 4. The maximum Gasteiger partial charge on any atom is 0.252 e. The number of carbonyl (C=O) groups excluding carboxylic acids is 1. The molecule has 116 valence electrons. The van der Waals surface area contributed by atoms with Gasteiger partial charge in [-0.25, -0.2) is 0 Å². The molecule has 1 amide bonds. The van der Waals surface area contributed by atoms with Crippen LogP contribution < -0.4 is 5.32 Å². The lowest BCUT2D eigenvalue weighted by Gasteiger charge is -2.12. The summed E-state index contributed by atoms with van der Waals surface area (Å²) in [6.45, 7) is 4.61. The van der Waals surface area contributed by atoms with Gasteiger partial charge >= 0.3 is 0 Å². The number of hydrogen-bond donors (Lipinski definition) is 1. The van der Waals surface area contributed by atoms with Gasteiger partial charge < -0.3 is 5.32 Å². The number of nitrogens with zero attached hydrogens (tertiary/aromatic N) is 2. The highest BCUT2D eigenvalue weighted by molar-refractivity contribution is 6.06. The zero-order chi connectivity index (χ0) is 16.2. The fourth-order valence-electron chi connectivity index (χ4n) is 2.46. The van der Waals surface area contributed by atoms with Crippen molar-refractivity contribution in [1.29, 1.82) is 0 Å². The summed E-state index contributed by atoms with van der Waals surface area (Å²) >= 11 is 0. The Morgan fingerprint density at radius 2 is 2.00 bits per heavy atom. The standard InChI is InChI=1S/C19H19N3O/c1-13(2)18-10-16(15-7-3-4-8-17(15)22-18)19(23)21-12-14-6-5-9-20-11-14/h3-11,13H,12H2,1-2H3,(H,21,23). The summed E-state index contributed by atoms with van der Waals surface area (Å²) in [6, 6.07) is 13.4. The van der Waals surface area contributed by atoms with Crippen molar-refractivity contribution in [1.82, 2.24) is 15.3 Å². The first-order valence-electron chi connectivity index (χ1n) is 7.72. The van der Waals surface area contributed by atoms with Crippen LogP contribution in [-0.2, 0) is 6.54 Å². The van der Waals surface area contributed by atoms with Gasteiger partial charge in [-0.05, 0) is 29.7 Å². The van der Waals surface area contributed by atoms with Crippen molar-refractivity contribution >= 4 is 16.8 Å². The minimum absolute atomic E-state index is 0.0886. The SMILES string of the molecule is CC(C)c1cc(C(=O)NCc2cccnc2)c2ccccc2n1. The van der Waals surface area contributed by atoms with Crippen LogP contribution in [0.15, 0.2) is 54.9 Å². The molecule has 0 aliphatic carbocycles. The molecule has 23 heavy (non-hydrogen) atoms. The number of nitrogens with one attached hydrogen (secondary N) is 1. The van der Waals surface area contributed by atoms with Gasteiger partial charge in [-0.3, -0.25) is 14.8 Å². The molecule has 0 atom stereocenters. The number of amides is 1. The van der Waals surface area contributed by atoms with E-state index in [2.05, 4.69) is 29.1 Å². The van der Waals surface area contributed by atoms with Crippen LogP contribution in [0, 0.1) is 0 Å². The predicted molar refractivity (Wildman–Crippen MR) is 91.2 cm³/mol. The van der Waals surface area contributed by atoms with Crippen molar-refractivity contribution in [3.05, 3.63) is 71.7 Å². The van der Waals surface area contributed by atoms with Gasteiger partial charge in [0, 0.05) is 30.0 Å². The van der Waals surface area contributed by atoms with Crippen LogP contribution in [0.2, 0.25) is 0 Å². The Kier molecular flexibility index (Phi) is 4.33. The first-order valence-corrected chi connectivity index (χ1v) is 7.72. The second-order valence-electron chi connectivity index (χ2n) is 5.81. The molecule has 2 heterocycles. The van der Waals surface area contributed by atoms with Gasteiger partial charge in [-0.2, -0.15) is 0 Å². The molecule has 3 aromatic rings. The number of fused-ring (bicyclic) bond motifs is 1.